The molecule has 0 saturated carbocycles. The Bertz CT molecular complexity index is 298. The predicted molar refractivity (Wildman–Crippen MR) is 79.6 cm³/mol. The molecule has 22 heavy (non-hydrogen) atoms. The first-order chi connectivity index (χ1) is 10.0. The zero-order chi connectivity index (χ0) is 17.4. The second-order valence-electron chi connectivity index (χ2n) is 6.21. The molecule has 0 aliphatic heterocycles. The Morgan fingerprint density at radius 3 is 1.41 bits per heavy atom. The van der Waals surface area contributed by atoms with Crippen LogP contribution in [0.2, 0.25) is 0 Å². The van der Waals surface area contributed by atoms with Crippen LogP contribution in [0.1, 0.15) is 68.2 Å². The van der Waals surface area contributed by atoms with Gasteiger partial charge in [-0.1, -0.05) is 13.8 Å². The van der Waals surface area contributed by atoms with E-state index in [0.717, 1.165) is 12.8 Å². The SMILES string of the molecule is CCC(C)(C)OOC(C)OC(=O)OC(C)OOC(C)(C)CC. The first kappa shape index (κ1) is 21.1. The fourth-order valence-electron chi connectivity index (χ4n) is 0.852. The molecule has 0 bridgehead atoms. The highest BCUT2D eigenvalue weighted by Gasteiger charge is 2.23. The van der Waals surface area contributed by atoms with Gasteiger partial charge < -0.3 is 9.47 Å². The summed E-state index contributed by atoms with van der Waals surface area (Å²) in [6, 6.07) is 0. The summed E-state index contributed by atoms with van der Waals surface area (Å²) in [4.78, 5) is 31.8. The highest BCUT2D eigenvalue weighted by molar-refractivity contribution is 5.60. The van der Waals surface area contributed by atoms with E-state index in [0.29, 0.717) is 0 Å². The Hall–Kier alpha value is -0.890. The molecule has 0 spiro atoms. The third kappa shape index (κ3) is 9.94. The van der Waals surface area contributed by atoms with Crippen LogP contribution in [0.25, 0.3) is 0 Å². The average molecular weight is 322 g/mol. The summed E-state index contributed by atoms with van der Waals surface area (Å²) in [7, 11) is 0. The van der Waals surface area contributed by atoms with E-state index in [2.05, 4.69) is 0 Å². The number of rotatable bonds is 10. The van der Waals surface area contributed by atoms with Crippen LogP contribution in [0.3, 0.4) is 0 Å². The Kier molecular flexibility index (Phi) is 8.92. The second kappa shape index (κ2) is 9.29. The second-order valence-corrected chi connectivity index (χ2v) is 6.21. The first-order valence-electron chi connectivity index (χ1n) is 7.57. The lowest BCUT2D eigenvalue weighted by atomic mass is 10.1. The van der Waals surface area contributed by atoms with E-state index in [1.807, 2.05) is 41.5 Å². The monoisotopic (exact) mass is 322 g/mol. The van der Waals surface area contributed by atoms with Crippen molar-refractivity contribution >= 4 is 6.16 Å². The van der Waals surface area contributed by atoms with Crippen molar-refractivity contribution in [2.45, 2.75) is 92.0 Å². The highest BCUT2D eigenvalue weighted by atomic mass is 17.2. The molecule has 0 heterocycles. The van der Waals surface area contributed by atoms with Crippen LogP contribution < -0.4 is 0 Å². The van der Waals surface area contributed by atoms with Gasteiger partial charge in [-0.05, 0) is 40.5 Å². The van der Waals surface area contributed by atoms with Crippen molar-refractivity contribution in [3.8, 4) is 0 Å². The fraction of sp³-hybridized carbons (Fsp3) is 0.933. The summed E-state index contributed by atoms with van der Waals surface area (Å²) in [6.07, 6.45) is -1.24. The Labute approximate surface area is 133 Å². The molecule has 0 aliphatic carbocycles. The molecule has 0 aromatic carbocycles. The lowest BCUT2D eigenvalue weighted by molar-refractivity contribution is -0.419. The molecule has 0 radical (unpaired) electrons. The molecule has 7 nitrogen and oxygen atoms in total. The van der Waals surface area contributed by atoms with E-state index in [4.69, 9.17) is 29.0 Å². The van der Waals surface area contributed by atoms with Crippen molar-refractivity contribution in [2.24, 2.45) is 0 Å². The molecule has 0 aromatic heterocycles. The molecule has 7 heteroatoms. The van der Waals surface area contributed by atoms with Gasteiger partial charge in [0.1, 0.15) is 0 Å². The molecular formula is C15H30O7. The van der Waals surface area contributed by atoms with Gasteiger partial charge in [-0.3, -0.25) is 0 Å². The van der Waals surface area contributed by atoms with Crippen molar-refractivity contribution in [1.82, 2.24) is 0 Å². The van der Waals surface area contributed by atoms with E-state index >= 15 is 0 Å². The fourth-order valence-corrected chi connectivity index (χ4v) is 0.852. The molecule has 2 atom stereocenters. The summed E-state index contributed by atoms with van der Waals surface area (Å²) >= 11 is 0. The maximum absolute atomic E-state index is 11.5. The lowest BCUT2D eigenvalue weighted by Gasteiger charge is -2.25. The van der Waals surface area contributed by atoms with Gasteiger partial charge in [0.05, 0.1) is 11.2 Å². The van der Waals surface area contributed by atoms with Gasteiger partial charge >= 0.3 is 6.16 Å². The van der Waals surface area contributed by atoms with Gasteiger partial charge in [0.2, 0.25) is 12.6 Å². The highest BCUT2D eigenvalue weighted by Crippen LogP contribution is 2.17. The van der Waals surface area contributed by atoms with E-state index in [1.165, 1.54) is 13.8 Å². The lowest BCUT2D eigenvalue weighted by Crippen LogP contribution is -2.30. The third-order valence-corrected chi connectivity index (χ3v) is 3.05. The van der Waals surface area contributed by atoms with Crippen molar-refractivity contribution in [1.29, 1.82) is 0 Å². The van der Waals surface area contributed by atoms with Crippen molar-refractivity contribution in [2.75, 3.05) is 0 Å². The van der Waals surface area contributed by atoms with Crippen LogP contribution in [-0.2, 0) is 29.0 Å². The molecule has 0 aliphatic rings. The zero-order valence-electron chi connectivity index (χ0n) is 14.9. The molecule has 0 amide bonds. The molecule has 0 fully saturated rings. The first-order valence-corrected chi connectivity index (χ1v) is 7.57. The molecule has 0 N–H and O–H groups in total. The van der Waals surface area contributed by atoms with Gasteiger partial charge in [0.25, 0.3) is 0 Å². The van der Waals surface area contributed by atoms with Crippen LogP contribution in [0, 0.1) is 0 Å². The number of carbonyl (C=O) groups excluding carboxylic acids is 1. The topological polar surface area (TPSA) is 72.5 Å². The van der Waals surface area contributed by atoms with Gasteiger partial charge in [-0.15, -0.1) is 0 Å². The normalized spacial score (nSPS) is 15.3. The van der Waals surface area contributed by atoms with Crippen LogP contribution in [0.4, 0.5) is 4.79 Å². The van der Waals surface area contributed by atoms with Crippen LogP contribution in [-0.4, -0.2) is 29.9 Å². The van der Waals surface area contributed by atoms with Crippen molar-refractivity contribution in [3.05, 3.63) is 0 Å². The van der Waals surface area contributed by atoms with Crippen LogP contribution in [0.15, 0.2) is 0 Å². The standard InChI is InChI=1S/C15H30O7/c1-9-14(5,6)21-19-11(3)17-13(16)18-12(4)20-22-15(7,8)10-2/h11-12H,9-10H2,1-8H3. The Balaban J connectivity index is 4.02. The maximum Gasteiger partial charge on any atom is 0.513 e. The van der Waals surface area contributed by atoms with Crippen molar-refractivity contribution < 1.29 is 33.8 Å². The molecular weight excluding hydrogens is 292 g/mol. The smallest absolute Gasteiger partial charge is 0.402 e. The largest absolute Gasteiger partial charge is 0.513 e. The van der Waals surface area contributed by atoms with Crippen LogP contribution >= 0.6 is 0 Å². The van der Waals surface area contributed by atoms with Crippen molar-refractivity contribution in [3.63, 3.8) is 0 Å². The minimum atomic E-state index is -0.934. The van der Waals surface area contributed by atoms with Gasteiger partial charge in [0.15, 0.2) is 0 Å². The van der Waals surface area contributed by atoms with Crippen LogP contribution in [0.5, 0.6) is 0 Å². The zero-order valence-corrected chi connectivity index (χ0v) is 14.9. The third-order valence-electron chi connectivity index (χ3n) is 3.05. The van der Waals surface area contributed by atoms with E-state index in [9.17, 15) is 4.79 Å². The summed E-state index contributed by atoms with van der Waals surface area (Å²) < 4.78 is 9.75. The van der Waals surface area contributed by atoms with E-state index in [1.54, 1.807) is 0 Å². The predicted octanol–water partition coefficient (Wildman–Crippen LogP) is 4.11. The summed E-state index contributed by atoms with van der Waals surface area (Å²) in [5.74, 6) is 0. The number of carbonyl (C=O) groups is 1. The van der Waals surface area contributed by atoms with E-state index < -0.39 is 29.9 Å². The molecule has 0 saturated heterocycles. The minimum absolute atomic E-state index is 0.461. The van der Waals surface area contributed by atoms with Gasteiger partial charge in [-0.2, -0.15) is 9.78 Å². The van der Waals surface area contributed by atoms with E-state index in [-0.39, 0.29) is 0 Å². The quantitative estimate of drug-likeness (QED) is 0.259. The number of hydrogen-bond acceptors (Lipinski definition) is 7. The molecule has 132 valence electrons. The Morgan fingerprint density at radius 2 is 1.14 bits per heavy atom. The Morgan fingerprint density at radius 1 is 0.818 bits per heavy atom. The number of hydrogen-bond donors (Lipinski definition) is 0. The summed E-state index contributed by atoms with van der Waals surface area (Å²) in [5.41, 5.74) is -0.922. The molecule has 2 unspecified atom stereocenters. The summed E-state index contributed by atoms with van der Waals surface area (Å²) in [6.45, 7) is 14.4. The van der Waals surface area contributed by atoms with Gasteiger partial charge in [0, 0.05) is 13.8 Å². The average Bonchev–Trinajstić information content (AvgIpc) is 2.43. The molecule has 0 rings (SSSR count). The maximum atomic E-state index is 11.5. The summed E-state index contributed by atoms with van der Waals surface area (Å²) in [5, 5.41) is 0. The number of ether oxygens (including phenoxy) is 2. The minimum Gasteiger partial charge on any atom is -0.402 e. The molecule has 0 aromatic rings. The van der Waals surface area contributed by atoms with Gasteiger partial charge in [-0.25, -0.2) is 14.6 Å².